The molecule has 25 heavy (non-hydrogen) atoms. The molecule has 136 valence electrons. The number of unbranched alkanes of at least 4 members (excludes halogenated alkanes) is 1. The van der Waals surface area contributed by atoms with E-state index in [0.29, 0.717) is 26.2 Å². The van der Waals surface area contributed by atoms with Gasteiger partial charge in [-0.1, -0.05) is 18.2 Å². The summed E-state index contributed by atoms with van der Waals surface area (Å²) in [6.07, 6.45) is 4.96. The molecule has 1 saturated heterocycles. The molecule has 0 spiro atoms. The van der Waals surface area contributed by atoms with Crippen LogP contribution >= 0.6 is 0 Å². The maximum Gasteiger partial charge on any atom is 0.317 e. The molecule has 0 aliphatic carbocycles. The Morgan fingerprint density at radius 1 is 1.36 bits per heavy atom. The smallest absolute Gasteiger partial charge is 0.317 e. The minimum absolute atomic E-state index is 0.140. The van der Waals surface area contributed by atoms with Crippen molar-refractivity contribution in [3.63, 3.8) is 0 Å². The summed E-state index contributed by atoms with van der Waals surface area (Å²) < 4.78 is 14.2. The van der Waals surface area contributed by atoms with E-state index >= 15 is 0 Å². The molecule has 3 rings (SSSR count). The van der Waals surface area contributed by atoms with Gasteiger partial charge in [-0.3, -0.25) is 0 Å². The van der Waals surface area contributed by atoms with Crippen LogP contribution in [-0.2, 0) is 6.42 Å². The number of aryl methyl sites for hydroxylation is 1. The highest BCUT2D eigenvalue weighted by Gasteiger charge is 2.30. The van der Waals surface area contributed by atoms with Gasteiger partial charge in [0.1, 0.15) is 5.67 Å². The van der Waals surface area contributed by atoms with E-state index in [0.717, 1.165) is 24.8 Å². The third-order valence-corrected chi connectivity index (χ3v) is 4.68. The van der Waals surface area contributed by atoms with E-state index in [4.69, 9.17) is 0 Å². The van der Waals surface area contributed by atoms with Crippen molar-refractivity contribution in [1.29, 1.82) is 0 Å². The summed E-state index contributed by atoms with van der Waals surface area (Å²) in [5.41, 5.74) is 1.10. The first-order chi connectivity index (χ1) is 12.1. The Balaban J connectivity index is 1.40. The lowest BCUT2D eigenvalue weighted by Crippen LogP contribution is -2.46. The van der Waals surface area contributed by atoms with Crippen molar-refractivity contribution >= 4 is 16.9 Å². The highest BCUT2D eigenvalue weighted by Crippen LogP contribution is 2.19. The first-order valence-corrected chi connectivity index (χ1v) is 9.03. The van der Waals surface area contributed by atoms with E-state index in [1.165, 1.54) is 17.9 Å². The number of carbonyl (C=O) groups is 1. The van der Waals surface area contributed by atoms with E-state index in [-0.39, 0.29) is 12.6 Å². The number of carbonyl (C=O) groups excluding carboxylic acids is 1. The van der Waals surface area contributed by atoms with Crippen LogP contribution in [0, 0.1) is 0 Å². The number of nitrogens with one attached hydrogen (secondary N) is 3. The van der Waals surface area contributed by atoms with Crippen molar-refractivity contribution in [2.24, 2.45) is 0 Å². The topological polar surface area (TPSA) is 60.2 Å². The van der Waals surface area contributed by atoms with E-state index in [1.54, 1.807) is 4.90 Å². The molecular weight excluding hydrogens is 319 g/mol. The summed E-state index contributed by atoms with van der Waals surface area (Å²) in [5.74, 6) is 0. The van der Waals surface area contributed by atoms with Crippen molar-refractivity contribution in [3.8, 4) is 0 Å². The third-order valence-electron chi connectivity index (χ3n) is 4.68. The van der Waals surface area contributed by atoms with Crippen LogP contribution in [-0.4, -0.2) is 54.3 Å². The molecule has 0 bridgehead atoms. The van der Waals surface area contributed by atoms with Crippen molar-refractivity contribution in [2.75, 3.05) is 32.7 Å². The minimum atomic E-state index is -1.37. The van der Waals surface area contributed by atoms with Gasteiger partial charge in [-0.25, -0.2) is 9.18 Å². The minimum Gasteiger partial charge on any atom is -0.361 e. The van der Waals surface area contributed by atoms with Crippen LogP contribution in [0.3, 0.4) is 0 Å². The molecule has 1 aromatic carbocycles. The van der Waals surface area contributed by atoms with Gasteiger partial charge in [0.15, 0.2) is 0 Å². The van der Waals surface area contributed by atoms with Gasteiger partial charge in [-0.15, -0.1) is 0 Å². The monoisotopic (exact) mass is 346 g/mol. The number of para-hydroxylation sites is 1. The number of nitrogens with zero attached hydrogens (tertiary/aromatic N) is 1. The molecule has 2 aromatic rings. The molecule has 1 aromatic heterocycles. The molecule has 1 aliphatic rings. The number of benzene rings is 1. The average molecular weight is 346 g/mol. The summed E-state index contributed by atoms with van der Waals surface area (Å²) in [5, 5.41) is 7.22. The zero-order valence-corrected chi connectivity index (χ0v) is 14.8. The number of halogens is 1. The zero-order valence-electron chi connectivity index (χ0n) is 14.8. The number of urea groups is 1. The van der Waals surface area contributed by atoms with Crippen LogP contribution < -0.4 is 10.6 Å². The molecule has 1 fully saturated rings. The molecule has 0 radical (unpaired) electrons. The largest absolute Gasteiger partial charge is 0.361 e. The number of hydrogen-bond acceptors (Lipinski definition) is 2. The number of fused-ring (bicyclic) bond motifs is 1. The van der Waals surface area contributed by atoms with Crippen LogP contribution in [0.4, 0.5) is 9.18 Å². The fraction of sp³-hybridized carbons (Fsp3) is 0.526. The van der Waals surface area contributed by atoms with Crippen LogP contribution in [0.2, 0.25) is 0 Å². The van der Waals surface area contributed by atoms with Gasteiger partial charge in [-0.2, -0.15) is 0 Å². The molecule has 6 heteroatoms. The second-order valence-corrected chi connectivity index (χ2v) is 7.06. The van der Waals surface area contributed by atoms with Gasteiger partial charge in [0.25, 0.3) is 0 Å². The van der Waals surface area contributed by atoms with Gasteiger partial charge in [-0.05, 0) is 37.8 Å². The van der Waals surface area contributed by atoms with Gasteiger partial charge in [0, 0.05) is 43.3 Å². The fourth-order valence-corrected chi connectivity index (χ4v) is 3.36. The fourth-order valence-electron chi connectivity index (χ4n) is 3.36. The van der Waals surface area contributed by atoms with Gasteiger partial charge in [0.05, 0.1) is 6.54 Å². The molecule has 1 unspecified atom stereocenters. The summed E-state index contributed by atoms with van der Waals surface area (Å²) >= 11 is 0. The van der Waals surface area contributed by atoms with E-state index in [2.05, 4.69) is 40.0 Å². The second-order valence-electron chi connectivity index (χ2n) is 7.06. The molecule has 1 atom stereocenters. The SMILES string of the molecule is CC1(F)CNCCN(C(=O)NCCCCc2c[nH]c3ccccc23)C1. The van der Waals surface area contributed by atoms with Gasteiger partial charge in [0.2, 0.25) is 0 Å². The van der Waals surface area contributed by atoms with Gasteiger partial charge >= 0.3 is 6.03 Å². The molecule has 1 aliphatic heterocycles. The van der Waals surface area contributed by atoms with Crippen LogP contribution in [0.25, 0.3) is 10.9 Å². The normalized spacial score (nSPS) is 21.3. The van der Waals surface area contributed by atoms with E-state index in [9.17, 15) is 9.18 Å². The lowest BCUT2D eigenvalue weighted by molar-refractivity contribution is 0.135. The number of aromatic nitrogens is 1. The number of alkyl halides is 1. The predicted molar refractivity (Wildman–Crippen MR) is 98.6 cm³/mol. The standard InChI is InChI=1S/C19H27FN4O/c1-19(20)13-21-10-11-24(14-19)18(25)22-9-5-4-6-15-12-23-17-8-3-2-7-16(15)17/h2-3,7-8,12,21,23H,4-6,9-11,13-14H2,1H3,(H,22,25). The van der Waals surface area contributed by atoms with Crippen LogP contribution in [0.15, 0.2) is 30.5 Å². The van der Waals surface area contributed by atoms with Crippen molar-refractivity contribution in [1.82, 2.24) is 20.5 Å². The Hall–Kier alpha value is -2.08. The zero-order chi connectivity index (χ0) is 17.7. The summed E-state index contributed by atoms with van der Waals surface area (Å²) in [4.78, 5) is 17.1. The van der Waals surface area contributed by atoms with E-state index in [1.807, 2.05) is 6.07 Å². The third kappa shape index (κ3) is 4.72. The maximum atomic E-state index is 14.2. The number of hydrogen-bond donors (Lipinski definition) is 3. The number of H-pyrrole nitrogens is 1. The van der Waals surface area contributed by atoms with Crippen molar-refractivity contribution < 1.29 is 9.18 Å². The Morgan fingerprint density at radius 3 is 3.08 bits per heavy atom. The molecule has 0 saturated carbocycles. The van der Waals surface area contributed by atoms with Crippen molar-refractivity contribution in [3.05, 3.63) is 36.0 Å². The summed E-state index contributed by atoms with van der Waals surface area (Å²) in [6, 6.07) is 8.12. The number of rotatable bonds is 5. The molecule has 3 N–H and O–H groups in total. The highest BCUT2D eigenvalue weighted by atomic mass is 19.1. The van der Waals surface area contributed by atoms with Crippen molar-refractivity contribution in [2.45, 2.75) is 31.9 Å². The van der Waals surface area contributed by atoms with E-state index < -0.39 is 5.67 Å². The molecule has 2 amide bonds. The Labute approximate surface area is 148 Å². The average Bonchev–Trinajstić information content (AvgIpc) is 2.90. The van der Waals surface area contributed by atoms with Gasteiger partial charge < -0.3 is 20.5 Å². The molecular formula is C19H27FN4O. The highest BCUT2D eigenvalue weighted by molar-refractivity contribution is 5.83. The van der Waals surface area contributed by atoms with Crippen LogP contribution in [0.1, 0.15) is 25.3 Å². The van der Waals surface area contributed by atoms with Crippen LogP contribution in [0.5, 0.6) is 0 Å². The lowest BCUT2D eigenvalue weighted by Gasteiger charge is -2.26. The quantitative estimate of drug-likeness (QED) is 0.729. The first-order valence-electron chi connectivity index (χ1n) is 9.03. The summed E-state index contributed by atoms with van der Waals surface area (Å²) in [6.45, 7) is 3.76. The number of amides is 2. The Bertz CT molecular complexity index is 712. The molecule has 5 nitrogen and oxygen atoms in total. The maximum absolute atomic E-state index is 14.2. The Kier molecular flexibility index (Phi) is 5.58. The predicted octanol–water partition coefficient (Wildman–Crippen LogP) is 2.83. The first kappa shape index (κ1) is 17.7. The Morgan fingerprint density at radius 2 is 2.20 bits per heavy atom. The molecule has 2 heterocycles. The second kappa shape index (κ2) is 7.87. The summed E-state index contributed by atoms with van der Waals surface area (Å²) in [7, 11) is 0. The lowest BCUT2D eigenvalue weighted by atomic mass is 10.1. The number of aromatic amines is 1.